The quantitative estimate of drug-likeness (QED) is 0.235. The van der Waals surface area contributed by atoms with Crippen molar-refractivity contribution in [2.75, 3.05) is 75.0 Å². The molecule has 0 radical (unpaired) electrons. The summed E-state index contributed by atoms with van der Waals surface area (Å²) in [5.74, 6) is 0.964. The van der Waals surface area contributed by atoms with E-state index in [0.29, 0.717) is 59.2 Å². The van der Waals surface area contributed by atoms with Gasteiger partial charge < -0.3 is 29.8 Å². The summed E-state index contributed by atoms with van der Waals surface area (Å²) in [5, 5.41) is 15.9. The van der Waals surface area contributed by atoms with Gasteiger partial charge in [0.15, 0.2) is 14.1 Å². The fourth-order valence-corrected chi connectivity index (χ4v) is 6.45. The number of likely N-dealkylation sites (N-methyl/N-ethyl adjacent to an activating group) is 1. The van der Waals surface area contributed by atoms with Crippen LogP contribution < -0.4 is 15.5 Å². The third-order valence-corrected chi connectivity index (χ3v) is 14.0. The highest BCUT2D eigenvalue weighted by atomic mass is 35.5. The molecule has 0 aliphatic carbocycles. The van der Waals surface area contributed by atoms with Gasteiger partial charge in [-0.3, -0.25) is 4.79 Å². The Morgan fingerprint density at radius 1 is 1.09 bits per heavy atom. The molecule has 2 N–H and O–H groups in total. The number of amides is 1. The van der Waals surface area contributed by atoms with Crippen LogP contribution in [0.3, 0.4) is 0 Å². The highest BCUT2D eigenvalue weighted by Gasteiger charge is 2.39. The summed E-state index contributed by atoms with van der Waals surface area (Å²) >= 11 is 6.19. The third-order valence-electron chi connectivity index (χ3n) is 9.28. The third kappa shape index (κ3) is 8.59. The molecule has 2 aliphatic rings. The van der Waals surface area contributed by atoms with Gasteiger partial charge in [-0.25, -0.2) is 9.37 Å². The number of piperazine rings is 1. The summed E-state index contributed by atoms with van der Waals surface area (Å²) in [5.41, 5.74) is 1.99. The van der Waals surface area contributed by atoms with E-state index in [-0.39, 0.29) is 16.5 Å². The average molecular weight is 669 g/mol. The number of anilines is 4. The highest BCUT2D eigenvalue weighted by Crippen LogP contribution is 2.39. The number of hydrogen-bond acceptors (Lipinski definition) is 9. The molecule has 5 rings (SSSR count). The van der Waals surface area contributed by atoms with E-state index in [1.165, 1.54) is 12.1 Å². The van der Waals surface area contributed by atoms with Crippen molar-refractivity contribution in [1.82, 2.24) is 25.0 Å². The molecule has 46 heavy (non-hydrogen) atoms. The summed E-state index contributed by atoms with van der Waals surface area (Å²) in [7, 11) is 0.268. The van der Waals surface area contributed by atoms with Crippen LogP contribution in [-0.2, 0) is 9.22 Å². The lowest BCUT2D eigenvalue weighted by Gasteiger charge is -2.43. The normalized spacial score (nSPS) is 16.7. The lowest BCUT2D eigenvalue weighted by molar-refractivity contribution is -0.116. The number of hydrogen-bond donors (Lipinski definition) is 2. The Balaban J connectivity index is 1.30. The van der Waals surface area contributed by atoms with Gasteiger partial charge in [-0.15, -0.1) is 10.2 Å². The molecule has 10 nitrogen and oxygen atoms in total. The topological polar surface area (TPSA) is 98.8 Å². The van der Waals surface area contributed by atoms with E-state index in [9.17, 15) is 9.18 Å². The van der Waals surface area contributed by atoms with Crippen molar-refractivity contribution < 1.29 is 13.6 Å². The fourth-order valence-electron chi connectivity index (χ4n) is 5.20. The van der Waals surface area contributed by atoms with Crippen LogP contribution in [0.25, 0.3) is 11.3 Å². The Morgan fingerprint density at radius 2 is 1.83 bits per heavy atom. The lowest BCUT2D eigenvalue weighted by atomic mass is 10.0. The Morgan fingerprint density at radius 3 is 2.54 bits per heavy atom. The van der Waals surface area contributed by atoms with E-state index in [1.54, 1.807) is 24.4 Å². The van der Waals surface area contributed by atoms with Crippen LogP contribution in [0.4, 0.5) is 27.4 Å². The molecule has 0 unspecified atom stereocenters. The predicted octanol–water partition coefficient (Wildman–Crippen LogP) is 6.11. The van der Waals surface area contributed by atoms with Gasteiger partial charge in [-0.2, -0.15) is 0 Å². The van der Waals surface area contributed by atoms with E-state index >= 15 is 0 Å². The van der Waals surface area contributed by atoms with Crippen LogP contribution in [0.2, 0.25) is 23.2 Å². The number of pyridine rings is 1. The van der Waals surface area contributed by atoms with Gasteiger partial charge in [0.1, 0.15) is 11.6 Å². The van der Waals surface area contributed by atoms with Gasteiger partial charge in [0.25, 0.3) is 0 Å². The van der Waals surface area contributed by atoms with E-state index in [1.807, 2.05) is 6.07 Å². The van der Waals surface area contributed by atoms with Gasteiger partial charge in [0, 0.05) is 93.3 Å². The zero-order chi connectivity index (χ0) is 33.1. The number of nitrogens with zero attached hydrogens (tertiary/aromatic N) is 6. The number of nitrogens with one attached hydrogen (secondary N) is 2. The molecular weight excluding hydrogens is 623 g/mol. The number of carbonyl (C=O) groups excluding carboxylic acids is 1. The van der Waals surface area contributed by atoms with Crippen molar-refractivity contribution in [3.05, 3.63) is 53.4 Å². The zero-order valence-electron chi connectivity index (χ0n) is 27.7. The summed E-state index contributed by atoms with van der Waals surface area (Å²) in [6.45, 7) is 18.2. The maximum absolute atomic E-state index is 14.8. The average Bonchev–Trinajstić information content (AvgIpc) is 2.97. The fraction of sp³-hybridized carbons (Fsp3) is 0.515. The number of aromatic nitrogens is 3. The molecule has 0 saturated carbocycles. The first-order valence-electron chi connectivity index (χ1n) is 15.9. The van der Waals surface area contributed by atoms with Crippen molar-refractivity contribution in [2.24, 2.45) is 5.92 Å². The van der Waals surface area contributed by atoms with Crippen LogP contribution >= 0.6 is 11.6 Å². The molecule has 0 atom stereocenters. The van der Waals surface area contributed by atoms with Crippen LogP contribution in [0.15, 0.2) is 42.6 Å². The summed E-state index contributed by atoms with van der Waals surface area (Å²) in [4.78, 5) is 23.9. The lowest BCUT2D eigenvalue weighted by Crippen LogP contribution is -2.52. The van der Waals surface area contributed by atoms with Gasteiger partial charge in [0.2, 0.25) is 5.91 Å². The summed E-state index contributed by atoms with van der Waals surface area (Å²) in [6, 6.07) is 9.75. The minimum atomic E-state index is -1.85. The zero-order valence-corrected chi connectivity index (χ0v) is 29.5. The Hall–Kier alpha value is -3.16. The Bertz CT molecular complexity index is 1520. The first-order valence-corrected chi connectivity index (χ1v) is 19.2. The van der Waals surface area contributed by atoms with Crippen molar-refractivity contribution >= 4 is 48.8 Å². The summed E-state index contributed by atoms with van der Waals surface area (Å²) in [6.07, 6.45) is 2.04. The molecule has 0 bridgehead atoms. The van der Waals surface area contributed by atoms with Crippen LogP contribution in [-0.4, -0.2) is 98.7 Å². The maximum Gasteiger partial charge on any atom is 0.226 e. The molecule has 1 aromatic carbocycles. The molecule has 2 aliphatic heterocycles. The molecule has 13 heteroatoms. The molecular formula is C33H46ClFN8O2Si. The van der Waals surface area contributed by atoms with E-state index in [4.69, 9.17) is 16.0 Å². The number of carbonyl (C=O) groups is 1. The van der Waals surface area contributed by atoms with E-state index in [0.717, 1.165) is 39.3 Å². The van der Waals surface area contributed by atoms with Crippen molar-refractivity contribution in [3.8, 4) is 11.3 Å². The van der Waals surface area contributed by atoms with Gasteiger partial charge in [0.05, 0.1) is 11.4 Å². The SMILES string of the molecule is CN1CCN(CCC(=O)Nc2cc(Nc3cc(-c4cc(Cl)ccc4F)nnc3N3CC(CO[Si](C)(C)C(C)(C)C)C3)ccn2)CC1. The van der Waals surface area contributed by atoms with Crippen molar-refractivity contribution in [1.29, 1.82) is 0 Å². The second-order valence-corrected chi connectivity index (χ2v) is 19.2. The first kappa shape index (κ1) is 34.2. The molecule has 3 aromatic rings. The van der Waals surface area contributed by atoms with Crippen LogP contribution in [0.1, 0.15) is 27.2 Å². The standard InChI is InChI=1S/C33H46ClFN8O2Si/c1-33(2,3)46(5,6)45-22-23-20-43(21-23)32-29(19-28(39-40-32)26-17-24(34)7-8-27(26)35)37-25-9-11-36-30(18-25)38-31(44)10-12-42-15-13-41(4)14-16-42/h7-9,11,17-19,23H,10,12-16,20-22H2,1-6H3,(H2,36,37,38,39,44). The van der Waals surface area contributed by atoms with Gasteiger partial charge in [-0.1, -0.05) is 32.4 Å². The van der Waals surface area contributed by atoms with Gasteiger partial charge in [-0.05, 0) is 55.5 Å². The molecule has 0 spiro atoms. The smallest absolute Gasteiger partial charge is 0.226 e. The van der Waals surface area contributed by atoms with Crippen molar-refractivity contribution in [3.63, 3.8) is 0 Å². The van der Waals surface area contributed by atoms with E-state index in [2.05, 4.69) is 81.4 Å². The monoisotopic (exact) mass is 668 g/mol. The van der Waals surface area contributed by atoms with Crippen LogP contribution in [0.5, 0.6) is 0 Å². The molecule has 2 fully saturated rings. The molecule has 2 saturated heterocycles. The summed E-state index contributed by atoms with van der Waals surface area (Å²) < 4.78 is 21.3. The molecule has 248 valence electrons. The maximum atomic E-state index is 14.8. The largest absolute Gasteiger partial charge is 0.416 e. The molecule has 1 amide bonds. The molecule has 4 heterocycles. The second-order valence-electron chi connectivity index (χ2n) is 13.9. The van der Waals surface area contributed by atoms with Crippen LogP contribution in [0, 0.1) is 11.7 Å². The minimum absolute atomic E-state index is 0.0832. The van der Waals surface area contributed by atoms with Gasteiger partial charge >= 0.3 is 0 Å². The molecule has 2 aromatic heterocycles. The predicted molar refractivity (Wildman–Crippen MR) is 186 cm³/mol. The first-order chi connectivity index (χ1) is 21.8. The van der Waals surface area contributed by atoms with E-state index < -0.39 is 14.1 Å². The number of rotatable bonds is 11. The number of halogens is 2. The highest BCUT2D eigenvalue weighted by molar-refractivity contribution is 6.74. The Labute approximate surface area is 277 Å². The number of benzene rings is 1. The van der Waals surface area contributed by atoms with Crippen molar-refractivity contribution in [2.45, 2.75) is 45.3 Å². The Kier molecular flexibility index (Phi) is 10.6. The minimum Gasteiger partial charge on any atom is -0.416 e. The second kappa shape index (κ2) is 14.3.